The molecule has 0 amide bonds. The van der Waals surface area contributed by atoms with Gasteiger partial charge in [-0.25, -0.2) is 14.8 Å². The van der Waals surface area contributed by atoms with Gasteiger partial charge in [-0.1, -0.05) is 23.2 Å². The average Bonchev–Trinajstić information content (AvgIpc) is 2.90. The van der Waals surface area contributed by atoms with E-state index in [1.807, 2.05) is 11.5 Å². The summed E-state index contributed by atoms with van der Waals surface area (Å²) >= 11 is 13.4. The third-order valence-electron chi connectivity index (χ3n) is 3.06. The first-order chi connectivity index (χ1) is 9.95. The number of thiophene rings is 1. The minimum absolute atomic E-state index is 0.0157. The minimum atomic E-state index is -1.07. The minimum Gasteiger partial charge on any atom is -0.477 e. The van der Waals surface area contributed by atoms with E-state index in [1.165, 1.54) is 17.4 Å². The zero-order chi connectivity index (χ0) is 15.1. The van der Waals surface area contributed by atoms with Crippen LogP contribution in [0.1, 0.15) is 21.9 Å². The normalized spacial score (nSPS) is 11.2. The van der Waals surface area contributed by atoms with Crippen LogP contribution in [0.4, 0.5) is 0 Å². The molecule has 0 bridgehead atoms. The van der Waals surface area contributed by atoms with Gasteiger partial charge in [0.05, 0.1) is 15.2 Å². The number of fused-ring (bicyclic) bond motifs is 1. The molecule has 5 nitrogen and oxygen atoms in total. The average molecular weight is 342 g/mol. The molecule has 108 valence electrons. The Kier molecular flexibility index (Phi) is 3.61. The van der Waals surface area contributed by atoms with Crippen molar-refractivity contribution in [1.82, 2.24) is 14.5 Å². The number of rotatable bonds is 3. The maximum absolute atomic E-state index is 11.0. The second-order valence-electron chi connectivity index (χ2n) is 4.44. The van der Waals surface area contributed by atoms with Gasteiger partial charge in [0, 0.05) is 5.56 Å². The zero-order valence-corrected chi connectivity index (χ0v) is 13.1. The van der Waals surface area contributed by atoms with Gasteiger partial charge in [0.15, 0.2) is 11.3 Å². The van der Waals surface area contributed by atoms with Gasteiger partial charge in [-0.15, -0.1) is 11.3 Å². The summed E-state index contributed by atoms with van der Waals surface area (Å²) < 4.78 is 3.04. The van der Waals surface area contributed by atoms with Crippen molar-refractivity contribution in [3.63, 3.8) is 0 Å². The molecule has 0 saturated heterocycles. The van der Waals surface area contributed by atoms with Gasteiger partial charge >= 0.3 is 5.97 Å². The van der Waals surface area contributed by atoms with E-state index in [9.17, 15) is 4.79 Å². The Balaban J connectivity index is 2.12. The van der Waals surface area contributed by atoms with Crippen LogP contribution in [0, 0.1) is 6.92 Å². The van der Waals surface area contributed by atoms with E-state index in [1.54, 1.807) is 12.1 Å². The maximum Gasteiger partial charge on any atom is 0.354 e. The summed E-state index contributed by atoms with van der Waals surface area (Å²) in [6.45, 7) is 2.28. The van der Waals surface area contributed by atoms with Crippen molar-refractivity contribution < 1.29 is 9.90 Å². The van der Waals surface area contributed by atoms with Crippen LogP contribution in [0.3, 0.4) is 0 Å². The molecular weight excluding hydrogens is 333 g/mol. The van der Waals surface area contributed by atoms with Gasteiger partial charge in [-0.3, -0.25) is 0 Å². The lowest BCUT2D eigenvalue weighted by Crippen LogP contribution is -2.05. The number of aromatic carboxylic acids is 1. The van der Waals surface area contributed by atoms with Crippen molar-refractivity contribution in [1.29, 1.82) is 0 Å². The quantitative estimate of drug-likeness (QED) is 0.785. The van der Waals surface area contributed by atoms with Crippen molar-refractivity contribution in [3.8, 4) is 0 Å². The molecule has 8 heteroatoms. The number of aromatic nitrogens is 3. The fourth-order valence-corrected chi connectivity index (χ4v) is 3.55. The summed E-state index contributed by atoms with van der Waals surface area (Å²) in [5.74, 6) is -0.336. The van der Waals surface area contributed by atoms with Crippen LogP contribution in [-0.4, -0.2) is 25.6 Å². The summed E-state index contributed by atoms with van der Waals surface area (Å²) in [5.41, 5.74) is 2.01. The fourth-order valence-electron chi connectivity index (χ4n) is 2.08. The van der Waals surface area contributed by atoms with E-state index in [0.717, 1.165) is 11.4 Å². The van der Waals surface area contributed by atoms with Crippen molar-refractivity contribution in [2.45, 2.75) is 13.5 Å². The topological polar surface area (TPSA) is 68.0 Å². The van der Waals surface area contributed by atoms with Crippen LogP contribution in [-0.2, 0) is 6.54 Å². The highest BCUT2D eigenvalue weighted by Gasteiger charge is 2.15. The molecule has 0 radical (unpaired) electrons. The lowest BCUT2D eigenvalue weighted by atomic mass is 10.3. The van der Waals surface area contributed by atoms with Crippen LogP contribution in [0.15, 0.2) is 18.2 Å². The Morgan fingerprint density at radius 1 is 1.38 bits per heavy atom. The predicted octanol–water partition coefficient (Wildman–Crippen LogP) is 3.85. The fraction of sp³-hybridized carbons (Fsp3) is 0.154. The van der Waals surface area contributed by atoms with Gasteiger partial charge < -0.3 is 9.67 Å². The number of carbonyl (C=O) groups is 1. The molecule has 3 heterocycles. The van der Waals surface area contributed by atoms with E-state index in [0.29, 0.717) is 26.4 Å². The molecule has 0 aliphatic heterocycles. The zero-order valence-electron chi connectivity index (χ0n) is 10.8. The van der Waals surface area contributed by atoms with Crippen LogP contribution < -0.4 is 0 Å². The number of halogens is 2. The van der Waals surface area contributed by atoms with E-state index in [4.69, 9.17) is 28.3 Å². The highest BCUT2D eigenvalue weighted by Crippen LogP contribution is 2.32. The predicted molar refractivity (Wildman–Crippen MR) is 82.7 cm³/mol. The van der Waals surface area contributed by atoms with Crippen LogP contribution in [0.25, 0.3) is 11.2 Å². The molecule has 0 saturated carbocycles. The Labute approximate surface area is 133 Å². The smallest absolute Gasteiger partial charge is 0.354 e. The van der Waals surface area contributed by atoms with E-state index in [2.05, 4.69) is 9.97 Å². The Bertz CT molecular complexity index is 857. The molecule has 0 aromatic carbocycles. The van der Waals surface area contributed by atoms with Crippen molar-refractivity contribution in [2.75, 3.05) is 0 Å². The molecular formula is C13H9Cl2N3O2S. The molecule has 3 aromatic heterocycles. The number of aryl methyl sites for hydroxylation is 1. The Morgan fingerprint density at radius 3 is 2.76 bits per heavy atom. The van der Waals surface area contributed by atoms with Crippen molar-refractivity contribution in [2.24, 2.45) is 0 Å². The first-order valence-corrected chi connectivity index (χ1v) is 7.54. The number of hydrogen-bond donors (Lipinski definition) is 1. The summed E-state index contributed by atoms with van der Waals surface area (Å²) in [6.07, 6.45) is 0. The molecule has 0 unspecified atom stereocenters. The highest BCUT2D eigenvalue weighted by atomic mass is 35.5. The summed E-state index contributed by atoms with van der Waals surface area (Å²) in [4.78, 5) is 19.6. The second kappa shape index (κ2) is 5.29. The van der Waals surface area contributed by atoms with E-state index in [-0.39, 0.29) is 5.69 Å². The number of pyridine rings is 1. The largest absolute Gasteiger partial charge is 0.477 e. The van der Waals surface area contributed by atoms with E-state index >= 15 is 0 Å². The third kappa shape index (κ3) is 2.62. The first-order valence-electron chi connectivity index (χ1n) is 5.96. The molecule has 3 rings (SSSR count). The molecule has 21 heavy (non-hydrogen) atoms. The number of nitrogens with zero attached hydrogens (tertiary/aromatic N) is 3. The lowest BCUT2D eigenvalue weighted by Gasteiger charge is -2.05. The maximum atomic E-state index is 11.0. The van der Waals surface area contributed by atoms with Gasteiger partial charge in [0.1, 0.15) is 11.3 Å². The molecule has 0 aliphatic carbocycles. The third-order valence-corrected chi connectivity index (χ3v) is 4.63. The van der Waals surface area contributed by atoms with E-state index < -0.39 is 5.97 Å². The summed E-state index contributed by atoms with van der Waals surface area (Å²) in [6, 6.07) is 4.88. The highest BCUT2D eigenvalue weighted by molar-refractivity contribution is 7.20. The molecule has 3 aromatic rings. The Hall–Kier alpha value is -1.63. The SMILES string of the molecule is Cc1nc2ccc(C(=O)O)nc2n1Cc1cc(Cl)sc1Cl. The molecule has 0 atom stereocenters. The van der Waals surface area contributed by atoms with Gasteiger partial charge in [-0.05, 0) is 25.1 Å². The second-order valence-corrected chi connectivity index (χ2v) is 6.72. The van der Waals surface area contributed by atoms with Gasteiger partial charge in [0.2, 0.25) is 0 Å². The summed E-state index contributed by atoms with van der Waals surface area (Å²) in [7, 11) is 0. The number of carboxylic acid groups (broad SMARTS) is 1. The van der Waals surface area contributed by atoms with Crippen LogP contribution in [0.5, 0.6) is 0 Å². The lowest BCUT2D eigenvalue weighted by molar-refractivity contribution is 0.0691. The van der Waals surface area contributed by atoms with Gasteiger partial charge in [-0.2, -0.15) is 0 Å². The monoisotopic (exact) mass is 341 g/mol. The number of hydrogen-bond acceptors (Lipinski definition) is 4. The number of imidazole rings is 1. The van der Waals surface area contributed by atoms with Crippen molar-refractivity contribution in [3.05, 3.63) is 44.0 Å². The summed E-state index contributed by atoms with van der Waals surface area (Å²) in [5, 5.41) is 9.05. The first kappa shape index (κ1) is 14.3. The Morgan fingerprint density at radius 2 is 2.14 bits per heavy atom. The molecule has 0 spiro atoms. The molecule has 0 fully saturated rings. The van der Waals surface area contributed by atoms with Gasteiger partial charge in [0.25, 0.3) is 0 Å². The van der Waals surface area contributed by atoms with Crippen LogP contribution in [0.2, 0.25) is 8.67 Å². The number of carboxylic acids is 1. The standard InChI is InChI=1S/C13H9Cl2N3O2S/c1-6-16-8-2-3-9(13(19)20)17-12(8)18(6)5-7-4-10(14)21-11(7)15/h2-4H,5H2,1H3,(H,19,20). The van der Waals surface area contributed by atoms with Crippen molar-refractivity contribution >= 4 is 51.7 Å². The molecule has 0 aliphatic rings. The van der Waals surface area contributed by atoms with Crippen LogP contribution >= 0.6 is 34.5 Å². The molecule has 1 N–H and O–H groups in total.